The maximum Gasteiger partial charge on any atom is 0.243 e. The van der Waals surface area contributed by atoms with E-state index in [1.54, 1.807) is 35.7 Å². The van der Waals surface area contributed by atoms with Gasteiger partial charge in [0.25, 0.3) is 0 Å². The van der Waals surface area contributed by atoms with Gasteiger partial charge in [-0.15, -0.1) is 0 Å². The van der Waals surface area contributed by atoms with E-state index in [0.29, 0.717) is 30.3 Å². The number of nitrogens with zero attached hydrogens (tertiary/aromatic N) is 1. The lowest BCUT2D eigenvalue weighted by Crippen LogP contribution is -2.48. The number of methoxy groups -OCH3 is 1. The summed E-state index contributed by atoms with van der Waals surface area (Å²) in [6, 6.07) is 15.8. The van der Waals surface area contributed by atoms with Crippen LogP contribution < -0.4 is 10.1 Å². The van der Waals surface area contributed by atoms with Gasteiger partial charge in [0.1, 0.15) is 5.75 Å². The van der Waals surface area contributed by atoms with Crippen LogP contribution in [0.5, 0.6) is 5.75 Å². The highest BCUT2D eigenvalue weighted by Crippen LogP contribution is 2.33. The normalized spacial score (nSPS) is 19.4. The summed E-state index contributed by atoms with van der Waals surface area (Å²) in [5.74, 6) is 0.703. The second-order valence-electron chi connectivity index (χ2n) is 5.39. The van der Waals surface area contributed by atoms with E-state index in [1.165, 1.54) is 0 Å². The van der Waals surface area contributed by atoms with E-state index in [2.05, 4.69) is 5.32 Å². The van der Waals surface area contributed by atoms with Crippen LogP contribution in [0.2, 0.25) is 0 Å². The van der Waals surface area contributed by atoms with Crippen molar-refractivity contribution in [2.24, 2.45) is 0 Å². The number of rotatable bonds is 4. The van der Waals surface area contributed by atoms with E-state index < -0.39 is 10.0 Å². The summed E-state index contributed by atoms with van der Waals surface area (Å²) < 4.78 is 33.0. The third kappa shape index (κ3) is 3.10. The van der Waals surface area contributed by atoms with Gasteiger partial charge in [-0.2, -0.15) is 4.31 Å². The molecule has 6 heteroatoms. The first-order chi connectivity index (χ1) is 11.1. The van der Waals surface area contributed by atoms with Crippen LogP contribution >= 0.6 is 0 Å². The van der Waals surface area contributed by atoms with Crippen LogP contribution in [0, 0.1) is 0 Å². The van der Waals surface area contributed by atoms with Crippen molar-refractivity contribution in [2.45, 2.75) is 10.9 Å². The fraction of sp³-hybridized carbons (Fsp3) is 0.294. The first kappa shape index (κ1) is 16.0. The second-order valence-corrected chi connectivity index (χ2v) is 7.28. The fourth-order valence-electron chi connectivity index (χ4n) is 2.91. The fourth-order valence-corrected chi connectivity index (χ4v) is 4.53. The van der Waals surface area contributed by atoms with Gasteiger partial charge < -0.3 is 10.1 Å². The molecule has 0 radical (unpaired) electrons. The number of ether oxygens (including phenoxy) is 1. The lowest BCUT2D eigenvalue weighted by atomic mass is 10.0. The van der Waals surface area contributed by atoms with E-state index in [4.69, 9.17) is 4.74 Å². The molecule has 0 aliphatic carbocycles. The smallest absolute Gasteiger partial charge is 0.243 e. The van der Waals surface area contributed by atoms with Crippen molar-refractivity contribution in [3.05, 3.63) is 60.2 Å². The first-order valence-corrected chi connectivity index (χ1v) is 8.99. The van der Waals surface area contributed by atoms with Crippen LogP contribution in [0.25, 0.3) is 0 Å². The van der Waals surface area contributed by atoms with Crippen LogP contribution in [0.3, 0.4) is 0 Å². The molecule has 1 unspecified atom stereocenters. The van der Waals surface area contributed by atoms with Crippen LogP contribution in [0.15, 0.2) is 59.5 Å². The molecule has 5 nitrogen and oxygen atoms in total. The number of sulfonamides is 1. The summed E-state index contributed by atoms with van der Waals surface area (Å²) in [6.07, 6.45) is 0. The van der Waals surface area contributed by atoms with E-state index in [1.807, 2.05) is 30.3 Å². The molecule has 2 aromatic rings. The first-order valence-electron chi connectivity index (χ1n) is 7.55. The van der Waals surface area contributed by atoms with Crippen LogP contribution in [-0.2, 0) is 10.0 Å². The molecule has 0 aromatic heterocycles. The Hall–Kier alpha value is -1.89. The third-order valence-corrected chi connectivity index (χ3v) is 5.96. The van der Waals surface area contributed by atoms with Crippen molar-refractivity contribution in [1.82, 2.24) is 9.62 Å². The lowest BCUT2D eigenvalue weighted by molar-refractivity contribution is 0.264. The van der Waals surface area contributed by atoms with Gasteiger partial charge in [0.2, 0.25) is 10.0 Å². The van der Waals surface area contributed by atoms with Crippen molar-refractivity contribution >= 4 is 10.0 Å². The minimum Gasteiger partial charge on any atom is -0.496 e. The molecule has 122 valence electrons. The van der Waals surface area contributed by atoms with Crippen molar-refractivity contribution in [3.63, 3.8) is 0 Å². The van der Waals surface area contributed by atoms with Crippen molar-refractivity contribution < 1.29 is 13.2 Å². The van der Waals surface area contributed by atoms with E-state index >= 15 is 0 Å². The van der Waals surface area contributed by atoms with Gasteiger partial charge in [0.15, 0.2) is 0 Å². The molecular weight excluding hydrogens is 312 g/mol. The van der Waals surface area contributed by atoms with Crippen LogP contribution in [0.1, 0.15) is 11.6 Å². The number of benzene rings is 2. The molecule has 0 spiro atoms. The molecule has 1 saturated heterocycles. The molecule has 0 bridgehead atoms. The lowest BCUT2D eigenvalue weighted by Gasteiger charge is -2.36. The Balaban J connectivity index is 2.03. The van der Waals surface area contributed by atoms with Gasteiger partial charge in [-0.05, 0) is 18.2 Å². The zero-order valence-electron chi connectivity index (χ0n) is 13.0. The van der Waals surface area contributed by atoms with Crippen LogP contribution in [-0.4, -0.2) is 39.5 Å². The van der Waals surface area contributed by atoms with Gasteiger partial charge in [-0.25, -0.2) is 8.42 Å². The maximum atomic E-state index is 13.0. The van der Waals surface area contributed by atoms with E-state index in [9.17, 15) is 8.42 Å². The van der Waals surface area contributed by atoms with Gasteiger partial charge in [0.05, 0.1) is 18.0 Å². The third-order valence-electron chi connectivity index (χ3n) is 4.04. The minimum absolute atomic E-state index is 0.287. The van der Waals surface area contributed by atoms with Gasteiger partial charge in [0, 0.05) is 25.2 Å². The van der Waals surface area contributed by atoms with Gasteiger partial charge in [-0.1, -0.05) is 36.4 Å². The molecule has 1 aliphatic heterocycles. The number of para-hydroxylation sites is 1. The summed E-state index contributed by atoms with van der Waals surface area (Å²) in [4.78, 5) is 0.321. The number of nitrogens with one attached hydrogen (secondary N) is 1. The molecular formula is C17H20N2O3S. The molecule has 3 rings (SSSR count). The molecule has 0 saturated carbocycles. The standard InChI is InChI=1S/C17H20N2O3S/c1-22-17-10-6-5-9-15(17)16-13-18-11-12-19(16)23(20,21)14-7-3-2-4-8-14/h2-10,16,18H,11-13H2,1H3. The molecule has 1 heterocycles. The zero-order chi connectivity index (χ0) is 16.3. The predicted octanol–water partition coefficient (Wildman–Crippen LogP) is 2.03. The second kappa shape index (κ2) is 6.70. The Morgan fingerprint density at radius 3 is 2.52 bits per heavy atom. The molecule has 2 aromatic carbocycles. The Labute approximate surface area is 136 Å². The highest BCUT2D eigenvalue weighted by Gasteiger charge is 2.35. The van der Waals surface area contributed by atoms with Crippen molar-refractivity contribution in [1.29, 1.82) is 0 Å². The molecule has 23 heavy (non-hydrogen) atoms. The monoisotopic (exact) mass is 332 g/mol. The predicted molar refractivity (Wildman–Crippen MR) is 88.9 cm³/mol. The summed E-state index contributed by atoms with van der Waals surface area (Å²) in [6.45, 7) is 1.63. The maximum absolute atomic E-state index is 13.0. The zero-order valence-corrected chi connectivity index (χ0v) is 13.8. The largest absolute Gasteiger partial charge is 0.496 e. The highest BCUT2D eigenvalue weighted by atomic mass is 32.2. The average molecular weight is 332 g/mol. The number of hydrogen-bond acceptors (Lipinski definition) is 4. The Morgan fingerprint density at radius 2 is 1.78 bits per heavy atom. The quantitative estimate of drug-likeness (QED) is 0.931. The number of hydrogen-bond donors (Lipinski definition) is 1. The Bertz CT molecular complexity index is 762. The van der Waals surface area contributed by atoms with Gasteiger partial charge in [-0.3, -0.25) is 0 Å². The summed E-state index contributed by atoms with van der Waals surface area (Å²) in [7, 11) is -1.94. The summed E-state index contributed by atoms with van der Waals surface area (Å²) in [5.41, 5.74) is 0.877. The average Bonchev–Trinajstić information content (AvgIpc) is 2.62. The topological polar surface area (TPSA) is 58.6 Å². The van der Waals surface area contributed by atoms with Crippen molar-refractivity contribution in [3.8, 4) is 5.75 Å². The molecule has 1 N–H and O–H groups in total. The summed E-state index contributed by atoms with van der Waals surface area (Å²) >= 11 is 0. The Morgan fingerprint density at radius 1 is 1.09 bits per heavy atom. The Kier molecular flexibility index (Phi) is 4.66. The minimum atomic E-state index is -3.55. The van der Waals surface area contributed by atoms with Crippen LogP contribution in [0.4, 0.5) is 0 Å². The molecule has 1 fully saturated rings. The molecule has 0 amide bonds. The molecule has 1 aliphatic rings. The molecule has 1 atom stereocenters. The highest BCUT2D eigenvalue weighted by molar-refractivity contribution is 7.89. The SMILES string of the molecule is COc1ccccc1C1CNCCN1S(=O)(=O)c1ccccc1. The van der Waals surface area contributed by atoms with E-state index in [0.717, 1.165) is 5.56 Å². The van der Waals surface area contributed by atoms with Crippen molar-refractivity contribution in [2.75, 3.05) is 26.7 Å². The van der Waals surface area contributed by atoms with Gasteiger partial charge >= 0.3 is 0 Å². The van der Waals surface area contributed by atoms with E-state index in [-0.39, 0.29) is 6.04 Å². The summed E-state index contributed by atoms with van der Waals surface area (Å²) in [5, 5.41) is 3.28. The number of piperazine rings is 1.